The van der Waals surface area contributed by atoms with E-state index in [1.165, 1.54) is 29.2 Å². The number of nitrogens with zero attached hydrogens (tertiary/aromatic N) is 3. The van der Waals surface area contributed by atoms with E-state index in [0.29, 0.717) is 11.3 Å². The fourth-order valence-electron chi connectivity index (χ4n) is 2.13. The maximum atomic E-state index is 12.1. The van der Waals surface area contributed by atoms with E-state index in [-0.39, 0.29) is 18.0 Å². The molecular formula is C16H12N4O3S2. The number of anilines is 1. The van der Waals surface area contributed by atoms with Crippen LogP contribution in [-0.4, -0.2) is 21.0 Å². The van der Waals surface area contributed by atoms with Gasteiger partial charge in [0.15, 0.2) is 4.34 Å². The van der Waals surface area contributed by atoms with E-state index >= 15 is 0 Å². The van der Waals surface area contributed by atoms with E-state index in [4.69, 9.17) is 0 Å². The monoisotopic (exact) mass is 372 g/mol. The second-order valence-corrected chi connectivity index (χ2v) is 7.10. The number of hydrogen-bond donors (Lipinski definition) is 1. The van der Waals surface area contributed by atoms with Crippen molar-refractivity contribution < 1.29 is 9.72 Å². The Morgan fingerprint density at radius 1 is 1.20 bits per heavy atom. The van der Waals surface area contributed by atoms with Gasteiger partial charge in [0.05, 0.1) is 11.3 Å². The first-order valence-corrected chi connectivity index (χ1v) is 8.87. The fourth-order valence-corrected chi connectivity index (χ4v) is 3.58. The molecule has 0 radical (unpaired) electrons. The van der Waals surface area contributed by atoms with E-state index in [1.54, 1.807) is 35.8 Å². The number of carbonyl (C=O) groups is 1. The summed E-state index contributed by atoms with van der Waals surface area (Å²) in [5.74, 6) is -0.307. The summed E-state index contributed by atoms with van der Waals surface area (Å²) in [5.41, 5.74) is 2.62. The van der Waals surface area contributed by atoms with Crippen molar-refractivity contribution in [2.45, 2.75) is 15.7 Å². The van der Waals surface area contributed by atoms with Crippen molar-refractivity contribution in [1.29, 1.82) is 0 Å². The van der Waals surface area contributed by atoms with Crippen molar-refractivity contribution in [3.05, 3.63) is 69.7 Å². The third-order valence-corrected chi connectivity index (χ3v) is 5.01. The lowest BCUT2D eigenvalue weighted by Gasteiger charge is -2.06. The van der Waals surface area contributed by atoms with Crippen LogP contribution in [0, 0.1) is 10.1 Å². The highest BCUT2D eigenvalue weighted by Gasteiger charge is 2.15. The van der Waals surface area contributed by atoms with Gasteiger partial charge < -0.3 is 5.32 Å². The zero-order chi connectivity index (χ0) is 17.6. The molecule has 3 rings (SSSR count). The average Bonchev–Trinajstić information content (AvgIpc) is 3.10. The summed E-state index contributed by atoms with van der Waals surface area (Å²) in [6.07, 6.45) is -0.0571. The minimum absolute atomic E-state index is 0.0542. The number of para-hydroxylation sites is 1. The molecule has 0 bridgehead atoms. The van der Waals surface area contributed by atoms with E-state index < -0.39 is 4.92 Å². The first kappa shape index (κ1) is 17.1. The molecule has 0 aliphatic rings. The predicted molar refractivity (Wildman–Crippen MR) is 95.9 cm³/mol. The molecule has 0 fully saturated rings. The molecule has 0 unspecified atom stereocenters. The van der Waals surface area contributed by atoms with Gasteiger partial charge in [-0.2, -0.15) is 0 Å². The lowest BCUT2D eigenvalue weighted by molar-refractivity contribution is -0.385. The maximum absolute atomic E-state index is 12.1. The predicted octanol–water partition coefficient (Wildman–Crippen LogP) is 3.78. The van der Waals surface area contributed by atoms with E-state index in [0.717, 1.165) is 9.24 Å². The van der Waals surface area contributed by atoms with Gasteiger partial charge in [-0.05, 0) is 24.3 Å². The highest BCUT2D eigenvalue weighted by atomic mass is 32.2. The quantitative estimate of drug-likeness (QED) is 0.522. The Hall–Kier alpha value is -2.78. The average molecular weight is 372 g/mol. The van der Waals surface area contributed by atoms with E-state index in [2.05, 4.69) is 15.5 Å². The van der Waals surface area contributed by atoms with Gasteiger partial charge in [-0.25, -0.2) is 0 Å². The largest absolute Gasteiger partial charge is 0.326 e. The van der Waals surface area contributed by atoms with E-state index in [1.807, 2.05) is 12.1 Å². The summed E-state index contributed by atoms with van der Waals surface area (Å²) in [4.78, 5) is 23.6. The van der Waals surface area contributed by atoms with E-state index in [9.17, 15) is 14.9 Å². The van der Waals surface area contributed by atoms with Gasteiger partial charge >= 0.3 is 0 Å². The summed E-state index contributed by atoms with van der Waals surface area (Å²) in [6, 6.07) is 13.5. The van der Waals surface area contributed by atoms with Crippen molar-refractivity contribution in [1.82, 2.24) is 10.2 Å². The molecule has 1 heterocycles. The van der Waals surface area contributed by atoms with Crippen LogP contribution in [0.5, 0.6) is 0 Å². The van der Waals surface area contributed by atoms with Gasteiger partial charge in [-0.1, -0.05) is 41.3 Å². The summed E-state index contributed by atoms with van der Waals surface area (Å²) >= 11 is 2.94. The molecule has 0 saturated carbocycles. The topological polar surface area (TPSA) is 98.0 Å². The fraction of sp³-hybridized carbons (Fsp3) is 0.0625. The lowest BCUT2D eigenvalue weighted by atomic mass is 10.1. The number of benzene rings is 2. The number of carbonyl (C=O) groups excluding carboxylic acids is 1. The normalized spacial score (nSPS) is 10.4. The molecule has 1 aromatic heterocycles. The first-order chi connectivity index (χ1) is 12.1. The van der Waals surface area contributed by atoms with Crippen LogP contribution in [0.2, 0.25) is 0 Å². The van der Waals surface area contributed by atoms with Crippen LogP contribution < -0.4 is 5.32 Å². The Morgan fingerprint density at radius 3 is 2.64 bits per heavy atom. The zero-order valence-electron chi connectivity index (χ0n) is 12.8. The minimum atomic E-state index is -0.484. The molecule has 126 valence electrons. The maximum Gasteiger partial charge on any atom is 0.273 e. The van der Waals surface area contributed by atoms with Crippen LogP contribution in [-0.2, 0) is 11.2 Å². The van der Waals surface area contributed by atoms with Crippen LogP contribution in [0.15, 0.2) is 63.3 Å². The second-order valence-electron chi connectivity index (χ2n) is 4.94. The minimum Gasteiger partial charge on any atom is -0.326 e. The number of hydrogen-bond acceptors (Lipinski definition) is 7. The molecule has 1 amide bonds. The van der Waals surface area contributed by atoms with Gasteiger partial charge in [0.25, 0.3) is 5.69 Å². The Balaban J connectivity index is 1.62. The van der Waals surface area contributed by atoms with Gasteiger partial charge in [-0.15, -0.1) is 10.2 Å². The molecule has 0 aliphatic carbocycles. The van der Waals surface area contributed by atoms with Crippen molar-refractivity contribution in [2.75, 3.05) is 5.32 Å². The smallest absolute Gasteiger partial charge is 0.273 e. The second kappa shape index (κ2) is 7.86. The highest BCUT2D eigenvalue weighted by Crippen LogP contribution is 2.29. The van der Waals surface area contributed by atoms with Gasteiger partial charge in [0.2, 0.25) is 5.91 Å². The number of nitro benzene ring substituents is 1. The van der Waals surface area contributed by atoms with Crippen molar-refractivity contribution >= 4 is 40.4 Å². The number of nitrogens with one attached hydrogen (secondary N) is 1. The molecule has 9 heteroatoms. The van der Waals surface area contributed by atoms with Gasteiger partial charge in [0.1, 0.15) is 5.51 Å². The Labute approximate surface area is 151 Å². The molecule has 0 spiro atoms. The summed E-state index contributed by atoms with van der Waals surface area (Å²) in [6.45, 7) is 0. The van der Waals surface area contributed by atoms with Crippen molar-refractivity contribution in [3.8, 4) is 0 Å². The third kappa shape index (κ3) is 4.61. The van der Waals surface area contributed by atoms with Crippen molar-refractivity contribution in [3.63, 3.8) is 0 Å². The highest BCUT2D eigenvalue weighted by molar-refractivity contribution is 8.01. The zero-order valence-corrected chi connectivity index (χ0v) is 14.4. The standard InChI is InChI=1S/C16H12N4O3S2/c21-15(9-11-3-1-2-4-14(11)20(22)23)18-12-5-7-13(8-6-12)25-16-19-17-10-24-16/h1-8,10H,9H2,(H,18,21). The number of aromatic nitrogens is 2. The lowest BCUT2D eigenvalue weighted by Crippen LogP contribution is -2.15. The molecule has 0 aliphatic heterocycles. The van der Waals surface area contributed by atoms with Crippen LogP contribution in [0.1, 0.15) is 5.56 Å². The van der Waals surface area contributed by atoms with Crippen molar-refractivity contribution in [2.24, 2.45) is 0 Å². The molecule has 0 atom stereocenters. The van der Waals surface area contributed by atoms with Crippen LogP contribution >= 0.6 is 23.1 Å². The van der Waals surface area contributed by atoms with Gasteiger partial charge in [-0.3, -0.25) is 14.9 Å². The molecule has 7 nitrogen and oxygen atoms in total. The Bertz CT molecular complexity index is 883. The SMILES string of the molecule is O=C(Cc1ccccc1[N+](=O)[O-])Nc1ccc(Sc2nncs2)cc1. The Kier molecular flexibility index (Phi) is 5.36. The summed E-state index contributed by atoms with van der Waals surface area (Å²) in [7, 11) is 0. The number of rotatable bonds is 6. The number of nitro groups is 1. The molecule has 2 aromatic carbocycles. The molecule has 25 heavy (non-hydrogen) atoms. The summed E-state index contributed by atoms with van der Waals surface area (Å²) < 4.78 is 0.841. The number of amides is 1. The molecule has 1 N–H and O–H groups in total. The van der Waals surface area contributed by atoms with Crippen LogP contribution in [0.25, 0.3) is 0 Å². The van der Waals surface area contributed by atoms with Gasteiger partial charge in [0, 0.05) is 22.2 Å². The van der Waals surface area contributed by atoms with Crippen LogP contribution in [0.4, 0.5) is 11.4 Å². The van der Waals surface area contributed by atoms with Crippen LogP contribution in [0.3, 0.4) is 0 Å². The first-order valence-electron chi connectivity index (χ1n) is 7.18. The third-order valence-electron chi connectivity index (χ3n) is 3.22. The molecular weight excluding hydrogens is 360 g/mol. The Morgan fingerprint density at radius 2 is 1.96 bits per heavy atom. The molecule has 0 saturated heterocycles. The summed E-state index contributed by atoms with van der Waals surface area (Å²) in [5, 5.41) is 21.5. The molecule has 3 aromatic rings.